The van der Waals surface area contributed by atoms with Gasteiger partial charge in [-0.15, -0.1) is 0 Å². The summed E-state index contributed by atoms with van der Waals surface area (Å²) in [6.07, 6.45) is 3.53. The largest absolute Gasteiger partial charge is 0.379 e. The number of aryl methyl sites for hydroxylation is 1. The van der Waals surface area contributed by atoms with Gasteiger partial charge in [0.15, 0.2) is 0 Å². The molecule has 1 unspecified atom stereocenters. The molecule has 144 valence electrons. The molecule has 0 aliphatic carbocycles. The summed E-state index contributed by atoms with van der Waals surface area (Å²) in [5, 5.41) is 3.01. The number of ether oxygens (including phenoxy) is 1. The van der Waals surface area contributed by atoms with Crippen LogP contribution >= 0.6 is 0 Å². The highest BCUT2D eigenvalue weighted by Crippen LogP contribution is 2.21. The Morgan fingerprint density at radius 3 is 2.63 bits per heavy atom. The van der Waals surface area contributed by atoms with Gasteiger partial charge in [-0.3, -0.25) is 9.69 Å². The number of para-hydroxylation sites is 1. The Morgan fingerprint density at radius 2 is 1.93 bits per heavy atom. The van der Waals surface area contributed by atoms with Gasteiger partial charge in [0.1, 0.15) is 0 Å². The van der Waals surface area contributed by atoms with E-state index >= 15 is 0 Å². The summed E-state index contributed by atoms with van der Waals surface area (Å²) in [4.78, 5) is 14.6. The first-order valence-electron chi connectivity index (χ1n) is 9.58. The van der Waals surface area contributed by atoms with Crippen molar-refractivity contribution in [1.82, 2.24) is 14.8 Å². The number of hydrogen-bond acceptors (Lipinski definition) is 3. The van der Waals surface area contributed by atoms with Gasteiger partial charge in [-0.05, 0) is 50.6 Å². The fourth-order valence-corrected chi connectivity index (χ4v) is 3.55. The third-order valence-electron chi connectivity index (χ3n) is 5.14. The molecule has 1 aromatic heterocycles. The Hall–Kier alpha value is -2.37. The van der Waals surface area contributed by atoms with E-state index in [0.717, 1.165) is 48.9 Å². The predicted octanol–water partition coefficient (Wildman–Crippen LogP) is 2.94. The van der Waals surface area contributed by atoms with Crippen LogP contribution in [0.4, 0.5) is 0 Å². The lowest BCUT2D eigenvalue weighted by Crippen LogP contribution is -2.47. The molecule has 0 saturated carbocycles. The molecule has 0 bridgehead atoms. The average Bonchev–Trinajstić information content (AvgIpc) is 2.99. The molecule has 1 aromatic carbocycles. The molecule has 1 N–H and O–H groups in total. The van der Waals surface area contributed by atoms with Gasteiger partial charge in [0.05, 0.1) is 13.2 Å². The molecule has 0 spiro atoms. The van der Waals surface area contributed by atoms with Crippen LogP contribution in [0.15, 0.2) is 42.5 Å². The number of carbonyl (C=O) groups is 1. The summed E-state index contributed by atoms with van der Waals surface area (Å²) in [7, 11) is 0. The minimum absolute atomic E-state index is 0.0559. The van der Waals surface area contributed by atoms with Crippen molar-refractivity contribution in [2.45, 2.75) is 26.8 Å². The summed E-state index contributed by atoms with van der Waals surface area (Å²) in [5.41, 5.74) is 4.48. The number of carbonyl (C=O) groups excluding carboxylic acids is 1. The summed E-state index contributed by atoms with van der Waals surface area (Å²) in [6, 6.07) is 12.7. The van der Waals surface area contributed by atoms with Gasteiger partial charge in [-0.1, -0.05) is 18.2 Å². The maximum absolute atomic E-state index is 12.2. The van der Waals surface area contributed by atoms with Crippen LogP contribution in [0.3, 0.4) is 0 Å². The summed E-state index contributed by atoms with van der Waals surface area (Å²) >= 11 is 0. The molecule has 5 nitrogen and oxygen atoms in total. The first-order chi connectivity index (χ1) is 13.1. The molecular weight excluding hydrogens is 338 g/mol. The van der Waals surface area contributed by atoms with Crippen molar-refractivity contribution in [3.8, 4) is 5.69 Å². The van der Waals surface area contributed by atoms with Crippen LogP contribution in [0, 0.1) is 13.8 Å². The van der Waals surface area contributed by atoms with E-state index in [0.29, 0.717) is 12.6 Å². The molecule has 1 amide bonds. The van der Waals surface area contributed by atoms with Crippen LogP contribution in [-0.2, 0) is 9.53 Å². The molecule has 1 saturated heterocycles. The van der Waals surface area contributed by atoms with Gasteiger partial charge in [0.2, 0.25) is 5.91 Å². The first kappa shape index (κ1) is 19.4. The number of hydrogen-bond donors (Lipinski definition) is 1. The molecular formula is C22H29N3O2. The first-order valence-corrected chi connectivity index (χ1v) is 9.58. The van der Waals surface area contributed by atoms with E-state index < -0.39 is 0 Å². The zero-order valence-electron chi connectivity index (χ0n) is 16.4. The van der Waals surface area contributed by atoms with Gasteiger partial charge in [0.25, 0.3) is 0 Å². The van der Waals surface area contributed by atoms with E-state index in [1.54, 1.807) is 6.08 Å². The van der Waals surface area contributed by atoms with Crippen molar-refractivity contribution in [2.75, 3.05) is 32.8 Å². The average molecular weight is 367 g/mol. The van der Waals surface area contributed by atoms with Crippen LogP contribution < -0.4 is 5.32 Å². The molecule has 0 radical (unpaired) electrons. The highest BCUT2D eigenvalue weighted by Gasteiger charge is 2.17. The van der Waals surface area contributed by atoms with Gasteiger partial charge in [0, 0.05) is 48.8 Å². The Kier molecular flexibility index (Phi) is 6.48. The van der Waals surface area contributed by atoms with Crippen LogP contribution in [-0.4, -0.2) is 54.3 Å². The Balaban J connectivity index is 1.60. The summed E-state index contributed by atoms with van der Waals surface area (Å²) in [6.45, 7) is 10.4. The lowest BCUT2D eigenvalue weighted by Gasteiger charge is -2.32. The van der Waals surface area contributed by atoms with Crippen molar-refractivity contribution in [2.24, 2.45) is 0 Å². The molecule has 5 heteroatoms. The lowest BCUT2D eigenvalue weighted by atomic mass is 10.2. The van der Waals surface area contributed by atoms with Gasteiger partial charge in [-0.25, -0.2) is 0 Å². The van der Waals surface area contributed by atoms with Gasteiger partial charge in [-0.2, -0.15) is 0 Å². The molecule has 27 heavy (non-hydrogen) atoms. The monoisotopic (exact) mass is 367 g/mol. The van der Waals surface area contributed by atoms with Gasteiger partial charge >= 0.3 is 0 Å². The van der Waals surface area contributed by atoms with Crippen molar-refractivity contribution >= 4 is 12.0 Å². The molecule has 1 aliphatic heterocycles. The van der Waals surface area contributed by atoms with Crippen molar-refractivity contribution < 1.29 is 9.53 Å². The zero-order valence-corrected chi connectivity index (χ0v) is 16.4. The second kappa shape index (κ2) is 9.02. The quantitative estimate of drug-likeness (QED) is 0.799. The number of aromatic nitrogens is 1. The number of nitrogens with zero attached hydrogens (tertiary/aromatic N) is 2. The number of rotatable bonds is 6. The third-order valence-corrected chi connectivity index (χ3v) is 5.14. The molecule has 2 aromatic rings. The van der Waals surface area contributed by atoms with Gasteiger partial charge < -0.3 is 14.6 Å². The second-order valence-electron chi connectivity index (χ2n) is 7.07. The second-order valence-corrected chi connectivity index (χ2v) is 7.07. The van der Waals surface area contributed by atoms with Crippen LogP contribution in [0.25, 0.3) is 11.8 Å². The smallest absolute Gasteiger partial charge is 0.244 e. The molecule has 1 atom stereocenters. The number of benzene rings is 1. The summed E-state index contributed by atoms with van der Waals surface area (Å²) < 4.78 is 7.58. The number of morpholine rings is 1. The van der Waals surface area contributed by atoms with E-state index in [2.05, 4.69) is 53.8 Å². The Morgan fingerprint density at radius 1 is 1.22 bits per heavy atom. The fourth-order valence-electron chi connectivity index (χ4n) is 3.55. The normalized spacial score (nSPS) is 16.6. The van der Waals surface area contributed by atoms with E-state index in [9.17, 15) is 4.79 Å². The lowest BCUT2D eigenvalue weighted by molar-refractivity contribution is -0.116. The topological polar surface area (TPSA) is 46.5 Å². The minimum Gasteiger partial charge on any atom is -0.379 e. The molecule has 1 fully saturated rings. The maximum Gasteiger partial charge on any atom is 0.244 e. The van der Waals surface area contributed by atoms with Crippen molar-refractivity contribution in [3.05, 3.63) is 59.4 Å². The van der Waals surface area contributed by atoms with Crippen LogP contribution in [0.5, 0.6) is 0 Å². The number of nitrogens with one attached hydrogen (secondary N) is 1. The SMILES string of the molecule is Cc1cc(/C=C/C(=O)NCC(C)N2CCOCC2)c(C)n1-c1ccccc1. The third kappa shape index (κ3) is 4.87. The zero-order chi connectivity index (χ0) is 19.2. The summed E-state index contributed by atoms with van der Waals surface area (Å²) in [5.74, 6) is -0.0559. The van der Waals surface area contributed by atoms with E-state index in [4.69, 9.17) is 4.74 Å². The standard InChI is InChI=1S/C22H29N3O2/c1-17-15-20(19(3)25(17)21-7-5-4-6-8-21)9-10-22(26)23-16-18(2)24-11-13-27-14-12-24/h4-10,15,18H,11-14,16H2,1-3H3,(H,23,26)/b10-9+. The van der Waals surface area contributed by atoms with E-state index in [1.807, 2.05) is 24.3 Å². The van der Waals surface area contributed by atoms with E-state index in [-0.39, 0.29) is 5.91 Å². The van der Waals surface area contributed by atoms with Crippen LogP contribution in [0.2, 0.25) is 0 Å². The molecule has 3 rings (SSSR count). The Labute approximate surface area is 161 Å². The highest BCUT2D eigenvalue weighted by atomic mass is 16.5. The van der Waals surface area contributed by atoms with Crippen LogP contribution in [0.1, 0.15) is 23.9 Å². The van der Waals surface area contributed by atoms with Crippen molar-refractivity contribution in [3.63, 3.8) is 0 Å². The van der Waals surface area contributed by atoms with Crippen molar-refractivity contribution in [1.29, 1.82) is 0 Å². The predicted molar refractivity (Wildman–Crippen MR) is 109 cm³/mol. The fraction of sp³-hybridized carbons (Fsp3) is 0.409. The Bertz CT molecular complexity index is 789. The highest BCUT2D eigenvalue weighted by molar-refractivity contribution is 5.91. The van der Waals surface area contributed by atoms with E-state index in [1.165, 1.54) is 0 Å². The molecule has 1 aliphatic rings. The number of amides is 1. The maximum atomic E-state index is 12.2. The molecule has 2 heterocycles. The minimum atomic E-state index is -0.0559.